The number of piperidine rings is 1. The molecule has 33 heavy (non-hydrogen) atoms. The van der Waals surface area contributed by atoms with Crippen LogP contribution in [0.25, 0.3) is 0 Å². The van der Waals surface area contributed by atoms with Gasteiger partial charge in [0.25, 0.3) is 0 Å². The number of aromatic nitrogens is 1. The summed E-state index contributed by atoms with van der Waals surface area (Å²) in [6, 6.07) is 8.62. The molecule has 178 valence electrons. The summed E-state index contributed by atoms with van der Waals surface area (Å²) in [6.07, 6.45) is 3.26. The van der Waals surface area contributed by atoms with E-state index in [9.17, 15) is 4.79 Å². The minimum absolute atomic E-state index is 0.0867. The number of aryl methyl sites for hydroxylation is 1. The summed E-state index contributed by atoms with van der Waals surface area (Å²) >= 11 is 0. The first-order chi connectivity index (χ1) is 15.7. The van der Waals surface area contributed by atoms with Crippen molar-refractivity contribution in [1.29, 1.82) is 0 Å². The van der Waals surface area contributed by atoms with Crippen molar-refractivity contribution >= 4 is 11.8 Å². The molecule has 0 aliphatic carbocycles. The molecule has 3 heterocycles. The first kappa shape index (κ1) is 23.4. The van der Waals surface area contributed by atoms with E-state index in [-0.39, 0.29) is 24.1 Å². The number of fused-ring (bicyclic) bond motifs is 3. The number of alkyl carbamates (subject to hydrolysis) is 1. The predicted molar refractivity (Wildman–Crippen MR) is 130 cm³/mol. The molecule has 2 aliphatic heterocycles. The molecule has 4 rings (SSSR count). The van der Waals surface area contributed by atoms with E-state index in [0.717, 1.165) is 43.1 Å². The van der Waals surface area contributed by atoms with Crippen molar-refractivity contribution < 1.29 is 14.3 Å². The van der Waals surface area contributed by atoms with Crippen LogP contribution in [0, 0.1) is 6.92 Å². The largest absolute Gasteiger partial charge is 0.495 e. The van der Waals surface area contributed by atoms with Gasteiger partial charge >= 0.3 is 6.09 Å². The van der Waals surface area contributed by atoms with Crippen LogP contribution in [0.5, 0.6) is 5.75 Å². The first-order valence-corrected chi connectivity index (χ1v) is 11.7. The molecule has 2 N–H and O–H groups in total. The zero-order valence-corrected chi connectivity index (χ0v) is 20.6. The van der Waals surface area contributed by atoms with Crippen LogP contribution in [0.3, 0.4) is 0 Å². The van der Waals surface area contributed by atoms with Crippen molar-refractivity contribution in [2.45, 2.75) is 64.1 Å². The van der Waals surface area contributed by atoms with Gasteiger partial charge in [-0.15, -0.1) is 0 Å². The monoisotopic (exact) mass is 452 g/mol. The van der Waals surface area contributed by atoms with Crippen LogP contribution < -0.4 is 15.4 Å². The minimum Gasteiger partial charge on any atom is -0.495 e. The van der Waals surface area contributed by atoms with Crippen LogP contribution in [-0.2, 0) is 11.2 Å². The maximum absolute atomic E-state index is 12.8. The number of rotatable bonds is 4. The highest BCUT2D eigenvalue weighted by atomic mass is 16.6. The van der Waals surface area contributed by atoms with E-state index < -0.39 is 5.60 Å². The van der Waals surface area contributed by atoms with Crippen LogP contribution in [0.15, 0.2) is 30.5 Å². The molecule has 1 fully saturated rings. The van der Waals surface area contributed by atoms with Crippen molar-refractivity contribution in [2.75, 3.05) is 32.6 Å². The highest BCUT2D eigenvalue weighted by Crippen LogP contribution is 2.44. The number of nitrogens with one attached hydrogen (secondary N) is 2. The van der Waals surface area contributed by atoms with Crippen molar-refractivity contribution in [3.05, 3.63) is 52.8 Å². The summed E-state index contributed by atoms with van der Waals surface area (Å²) in [5, 5.41) is 6.43. The maximum Gasteiger partial charge on any atom is 0.407 e. The fourth-order valence-electron chi connectivity index (χ4n) is 5.11. The number of pyridine rings is 1. The number of methoxy groups -OCH3 is 1. The van der Waals surface area contributed by atoms with Crippen LogP contribution in [0.4, 0.5) is 10.5 Å². The molecule has 1 saturated heterocycles. The van der Waals surface area contributed by atoms with Gasteiger partial charge in [0.15, 0.2) is 0 Å². The topological polar surface area (TPSA) is 75.7 Å². The lowest BCUT2D eigenvalue weighted by atomic mass is 9.79. The van der Waals surface area contributed by atoms with Crippen LogP contribution in [-0.4, -0.2) is 54.9 Å². The predicted octanol–water partition coefficient (Wildman–Crippen LogP) is 4.42. The summed E-state index contributed by atoms with van der Waals surface area (Å²) in [5.41, 5.74) is 5.27. The van der Waals surface area contributed by atoms with E-state index in [1.165, 1.54) is 16.7 Å². The smallest absolute Gasteiger partial charge is 0.407 e. The Bertz CT molecular complexity index is 1020. The Hall–Kier alpha value is -2.80. The average molecular weight is 453 g/mol. The third-order valence-electron chi connectivity index (χ3n) is 6.61. The molecular weight excluding hydrogens is 416 g/mol. The number of carbonyl (C=O) groups excluding carboxylic acids is 1. The molecule has 0 unspecified atom stereocenters. The Morgan fingerprint density at radius 2 is 2.03 bits per heavy atom. The van der Waals surface area contributed by atoms with E-state index >= 15 is 0 Å². The van der Waals surface area contributed by atoms with E-state index in [0.29, 0.717) is 0 Å². The third kappa shape index (κ3) is 5.08. The summed E-state index contributed by atoms with van der Waals surface area (Å²) in [6.45, 7) is 9.55. The van der Waals surface area contributed by atoms with Crippen molar-refractivity contribution in [3.63, 3.8) is 0 Å². The first-order valence-electron chi connectivity index (χ1n) is 11.7. The molecule has 3 atom stereocenters. The lowest BCUT2D eigenvalue weighted by Gasteiger charge is -2.47. The van der Waals surface area contributed by atoms with Gasteiger partial charge in [0, 0.05) is 50.0 Å². The quantitative estimate of drug-likeness (QED) is 0.715. The Kier molecular flexibility index (Phi) is 6.52. The summed E-state index contributed by atoms with van der Waals surface area (Å²) in [5.74, 6) is 0.936. The number of hydrogen-bond acceptors (Lipinski definition) is 6. The molecule has 0 radical (unpaired) electrons. The highest BCUT2D eigenvalue weighted by Gasteiger charge is 2.41. The average Bonchev–Trinajstić information content (AvgIpc) is 2.76. The molecule has 1 aromatic heterocycles. The van der Waals surface area contributed by atoms with Crippen molar-refractivity contribution in [1.82, 2.24) is 15.2 Å². The fraction of sp³-hybridized carbons (Fsp3) is 0.538. The van der Waals surface area contributed by atoms with E-state index in [2.05, 4.69) is 45.6 Å². The van der Waals surface area contributed by atoms with Gasteiger partial charge < -0.3 is 20.1 Å². The molecule has 0 spiro atoms. The Labute approximate surface area is 196 Å². The maximum atomic E-state index is 12.8. The van der Waals surface area contributed by atoms with Gasteiger partial charge in [0.05, 0.1) is 12.8 Å². The van der Waals surface area contributed by atoms with Gasteiger partial charge in [-0.05, 0) is 81.5 Å². The lowest BCUT2D eigenvalue weighted by molar-refractivity contribution is 0.0411. The number of carbonyl (C=O) groups is 1. The summed E-state index contributed by atoms with van der Waals surface area (Å²) in [4.78, 5) is 20.0. The fourth-order valence-corrected chi connectivity index (χ4v) is 5.11. The van der Waals surface area contributed by atoms with Gasteiger partial charge in [-0.25, -0.2) is 4.79 Å². The number of anilines is 1. The third-order valence-corrected chi connectivity index (χ3v) is 6.61. The minimum atomic E-state index is -0.545. The van der Waals surface area contributed by atoms with E-state index in [1.807, 2.05) is 40.1 Å². The normalized spacial score (nSPS) is 22.7. The van der Waals surface area contributed by atoms with Crippen LogP contribution in [0.2, 0.25) is 0 Å². The summed E-state index contributed by atoms with van der Waals surface area (Å²) in [7, 11) is 3.62. The lowest BCUT2D eigenvalue weighted by Crippen LogP contribution is -2.53. The van der Waals surface area contributed by atoms with Gasteiger partial charge in [-0.1, -0.05) is 0 Å². The highest BCUT2D eigenvalue weighted by molar-refractivity contribution is 5.68. The van der Waals surface area contributed by atoms with E-state index in [1.54, 1.807) is 7.11 Å². The molecule has 7 nitrogen and oxygen atoms in total. The Morgan fingerprint density at radius 3 is 2.70 bits per heavy atom. The molecule has 1 amide bonds. The number of ether oxygens (including phenoxy) is 2. The van der Waals surface area contributed by atoms with Gasteiger partial charge in [-0.3, -0.25) is 9.88 Å². The molecule has 2 aromatic rings. The number of nitrogens with zero attached hydrogens (tertiary/aromatic N) is 2. The molecular formula is C26H36N4O3. The number of amides is 1. The molecule has 0 saturated carbocycles. The SMILES string of the molecule is CNc1cc2c(cc1OC)[C@H]1C[C@@H](NC(=O)OC(C)(C)C)[C@H](c3cc(C)ccn3)CN1CC2. The second-order valence-electron chi connectivity index (χ2n) is 10.1. The number of benzene rings is 1. The molecule has 0 bridgehead atoms. The second-order valence-corrected chi connectivity index (χ2v) is 10.1. The summed E-state index contributed by atoms with van der Waals surface area (Å²) < 4.78 is 11.3. The van der Waals surface area contributed by atoms with Gasteiger partial charge in [0.2, 0.25) is 0 Å². The Balaban J connectivity index is 1.67. The van der Waals surface area contributed by atoms with E-state index in [4.69, 9.17) is 9.47 Å². The molecule has 7 heteroatoms. The standard InChI is InChI=1S/C26H36N4O3/c1-16-7-9-28-20(11-16)19-15-30-10-8-17-12-22(27-5)24(32-6)13-18(17)23(30)14-21(19)29-25(31)33-26(2,3)4/h7,9,11-13,19,21,23,27H,8,10,14-15H2,1-6H3,(H,29,31)/t19-,21+,23+/m0/s1. The molecule has 1 aromatic carbocycles. The molecule has 2 aliphatic rings. The van der Waals surface area contributed by atoms with Crippen molar-refractivity contribution in [2.24, 2.45) is 0 Å². The van der Waals surface area contributed by atoms with Gasteiger partial charge in [-0.2, -0.15) is 0 Å². The Morgan fingerprint density at radius 1 is 1.24 bits per heavy atom. The number of hydrogen-bond donors (Lipinski definition) is 2. The van der Waals surface area contributed by atoms with Crippen molar-refractivity contribution in [3.8, 4) is 5.75 Å². The van der Waals surface area contributed by atoms with Crippen LogP contribution in [0.1, 0.15) is 61.5 Å². The zero-order valence-electron chi connectivity index (χ0n) is 20.6. The van der Waals surface area contributed by atoms with Gasteiger partial charge in [0.1, 0.15) is 11.4 Å². The second kappa shape index (κ2) is 9.21. The zero-order chi connectivity index (χ0) is 23.8. The van der Waals surface area contributed by atoms with Crippen LogP contribution >= 0.6 is 0 Å².